The Morgan fingerprint density at radius 3 is 1.82 bits per heavy atom. The molecule has 5 heterocycles. The number of fused-ring (bicyclic) bond motifs is 10. The Labute approximate surface area is 322 Å². The fourth-order valence-corrected chi connectivity index (χ4v) is 9.61. The molecule has 0 unspecified atom stereocenters. The zero-order valence-electron chi connectivity index (χ0n) is 30.3. The third-order valence-electron chi connectivity index (χ3n) is 11.9. The number of benzene rings is 6. The summed E-state index contributed by atoms with van der Waals surface area (Å²) in [5.74, 6) is 0. The van der Waals surface area contributed by atoms with E-state index in [4.69, 9.17) is 4.98 Å². The van der Waals surface area contributed by atoms with Gasteiger partial charge in [0.15, 0.2) is 0 Å². The van der Waals surface area contributed by atoms with E-state index in [1.165, 1.54) is 60.8 Å². The van der Waals surface area contributed by atoms with Gasteiger partial charge in [0.05, 0.1) is 33.2 Å². The second-order valence-corrected chi connectivity index (χ2v) is 14.7. The van der Waals surface area contributed by atoms with Crippen LogP contribution in [0.5, 0.6) is 0 Å². The summed E-state index contributed by atoms with van der Waals surface area (Å²) >= 11 is 0. The van der Waals surface area contributed by atoms with Gasteiger partial charge in [0, 0.05) is 51.7 Å². The van der Waals surface area contributed by atoms with E-state index in [9.17, 15) is 0 Å². The van der Waals surface area contributed by atoms with E-state index in [0.29, 0.717) is 0 Å². The highest BCUT2D eigenvalue weighted by Gasteiger charge is 2.48. The Morgan fingerprint density at radius 2 is 1.09 bits per heavy atom. The predicted molar refractivity (Wildman–Crippen MR) is 228 cm³/mol. The van der Waals surface area contributed by atoms with Gasteiger partial charge < -0.3 is 9.55 Å². The molecule has 0 radical (unpaired) electrons. The van der Waals surface area contributed by atoms with Crippen LogP contribution in [0.25, 0.3) is 77.5 Å². The number of rotatable bonds is 5. The summed E-state index contributed by atoms with van der Waals surface area (Å²) in [7, 11) is 0. The third-order valence-corrected chi connectivity index (χ3v) is 11.9. The average Bonchev–Trinajstić information content (AvgIpc) is 4.03. The van der Waals surface area contributed by atoms with Crippen LogP contribution in [0, 0.1) is 0 Å². The fraction of sp³-hybridized carbons (Fsp3) is 0.0196. The monoisotopic (exact) mass is 715 g/mol. The summed E-state index contributed by atoms with van der Waals surface area (Å²) < 4.78 is 4.67. The van der Waals surface area contributed by atoms with Crippen LogP contribution >= 0.6 is 0 Å². The number of nitrogens with zero attached hydrogens (tertiary/aromatic N) is 4. The van der Waals surface area contributed by atoms with Crippen LogP contribution in [0.15, 0.2) is 195 Å². The molecule has 6 aromatic carbocycles. The number of nitrogens with one attached hydrogen (secondary N) is 1. The minimum absolute atomic E-state index is 0.554. The summed E-state index contributed by atoms with van der Waals surface area (Å²) in [5, 5.41) is 3.61. The summed E-state index contributed by atoms with van der Waals surface area (Å²) in [6.45, 7) is 0. The first-order valence-corrected chi connectivity index (χ1v) is 19.1. The lowest BCUT2D eigenvalue weighted by Crippen LogP contribution is -2.29. The zero-order chi connectivity index (χ0) is 36.8. The lowest BCUT2D eigenvalue weighted by molar-refractivity contribution is 0.738. The van der Waals surface area contributed by atoms with Crippen molar-refractivity contribution in [2.75, 3.05) is 0 Å². The van der Waals surface area contributed by atoms with Crippen molar-refractivity contribution in [1.29, 1.82) is 0 Å². The van der Waals surface area contributed by atoms with Crippen LogP contribution in [0.4, 0.5) is 0 Å². The maximum atomic E-state index is 5.20. The Hall–Kier alpha value is -7.50. The van der Waals surface area contributed by atoms with Gasteiger partial charge in [0.1, 0.15) is 5.65 Å². The highest BCUT2D eigenvalue weighted by Crippen LogP contribution is 2.58. The lowest BCUT2D eigenvalue weighted by atomic mass is 9.69. The molecule has 5 nitrogen and oxygen atoms in total. The van der Waals surface area contributed by atoms with E-state index in [0.717, 1.165) is 39.1 Å². The molecule has 1 aliphatic carbocycles. The molecule has 5 heteroatoms. The van der Waals surface area contributed by atoms with Crippen LogP contribution in [0.1, 0.15) is 22.4 Å². The van der Waals surface area contributed by atoms with E-state index in [1.54, 1.807) is 0 Å². The quantitative estimate of drug-likeness (QED) is 0.193. The van der Waals surface area contributed by atoms with Gasteiger partial charge in [-0.1, -0.05) is 115 Å². The normalized spacial score (nSPS) is 13.1. The third kappa shape index (κ3) is 4.14. The molecule has 11 aromatic rings. The van der Waals surface area contributed by atoms with Gasteiger partial charge in [-0.05, 0) is 94.0 Å². The molecule has 262 valence electrons. The number of para-hydroxylation sites is 1. The summed E-state index contributed by atoms with van der Waals surface area (Å²) in [6.07, 6.45) is 5.78. The zero-order valence-corrected chi connectivity index (χ0v) is 30.3. The first kappa shape index (κ1) is 30.9. The number of hydrogen-bond acceptors (Lipinski definition) is 2. The van der Waals surface area contributed by atoms with Gasteiger partial charge in [0.2, 0.25) is 0 Å². The maximum Gasteiger partial charge on any atom is 0.124 e. The molecule has 56 heavy (non-hydrogen) atoms. The highest BCUT2D eigenvalue weighted by molar-refractivity contribution is 6.18. The first-order chi connectivity index (χ1) is 27.8. The average molecular weight is 716 g/mol. The molecule has 0 spiro atoms. The SMILES string of the molecule is c1ccc(C2(c3ccccc3)c3ccc4c(c3-c3cccnc32)c2ccccc2n4-c2ccc(-c3ccc(-n4c5cccnc5c5cc[nH]c54)cc3)cc2)cc1. The smallest absolute Gasteiger partial charge is 0.124 e. The standard InChI is InChI=1S/C51H33N5/c1-3-11-35(12-4-1)51(36-13-5-2-6-14-36)42-27-28-44-47(46(42)40-16-9-31-53-49(40)51)39-15-7-8-17-43(39)55(44)37-23-19-33(20-24-37)34-21-25-38(26-22-34)56-45-18-10-30-52-48(45)41-29-32-54-50(41)56/h1-32,54H. The largest absolute Gasteiger partial charge is 0.347 e. The number of aromatic nitrogens is 5. The second kappa shape index (κ2) is 11.7. The molecular weight excluding hydrogens is 683 g/mol. The van der Waals surface area contributed by atoms with E-state index in [2.05, 4.69) is 189 Å². The molecular formula is C51H33N5. The fourth-order valence-electron chi connectivity index (χ4n) is 9.61. The molecule has 0 saturated carbocycles. The van der Waals surface area contributed by atoms with Crippen molar-refractivity contribution in [2.45, 2.75) is 5.41 Å². The highest BCUT2D eigenvalue weighted by atomic mass is 15.1. The summed E-state index contributed by atoms with van der Waals surface area (Å²) in [6, 6.07) is 63.7. The van der Waals surface area contributed by atoms with Crippen molar-refractivity contribution in [2.24, 2.45) is 0 Å². The van der Waals surface area contributed by atoms with Gasteiger partial charge in [-0.2, -0.15) is 0 Å². The Kier molecular flexibility index (Phi) is 6.48. The van der Waals surface area contributed by atoms with E-state index in [1.807, 2.05) is 24.7 Å². The van der Waals surface area contributed by atoms with Crippen LogP contribution in [-0.2, 0) is 5.41 Å². The van der Waals surface area contributed by atoms with E-state index < -0.39 is 5.41 Å². The van der Waals surface area contributed by atoms with Crippen LogP contribution < -0.4 is 0 Å². The van der Waals surface area contributed by atoms with Gasteiger partial charge >= 0.3 is 0 Å². The molecule has 0 fully saturated rings. The summed E-state index contributed by atoms with van der Waals surface area (Å²) in [4.78, 5) is 13.3. The predicted octanol–water partition coefficient (Wildman–Crippen LogP) is 12.0. The van der Waals surface area contributed by atoms with Crippen LogP contribution in [0.3, 0.4) is 0 Å². The molecule has 0 amide bonds. The summed E-state index contributed by atoms with van der Waals surface area (Å²) in [5.41, 5.74) is 16.7. The van der Waals surface area contributed by atoms with Crippen molar-refractivity contribution in [3.8, 4) is 33.6 Å². The number of pyridine rings is 2. The minimum Gasteiger partial charge on any atom is -0.347 e. The van der Waals surface area contributed by atoms with E-state index >= 15 is 0 Å². The molecule has 1 N–H and O–H groups in total. The van der Waals surface area contributed by atoms with Gasteiger partial charge in [0.25, 0.3) is 0 Å². The van der Waals surface area contributed by atoms with E-state index in [-0.39, 0.29) is 0 Å². The van der Waals surface area contributed by atoms with Crippen molar-refractivity contribution in [3.63, 3.8) is 0 Å². The maximum absolute atomic E-state index is 5.20. The minimum atomic E-state index is -0.554. The Morgan fingerprint density at radius 1 is 0.464 bits per heavy atom. The Bertz CT molecular complexity index is 3240. The second-order valence-electron chi connectivity index (χ2n) is 14.7. The molecule has 0 atom stereocenters. The van der Waals surface area contributed by atoms with Gasteiger partial charge in [-0.3, -0.25) is 14.5 Å². The first-order valence-electron chi connectivity index (χ1n) is 19.1. The topological polar surface area (TPSA) is 51.4 Å². The van der Waals surface area contributed by atoms with Gasteiger partial charge in [-0.25, -0.2) is 0 Å². The van der Waals surface area contributed by atoms with Crippen LogP contribution in [-0.4, -0.2) is 24.1 Å². The molecule has 1 aliphatic rings. The molecule has 0 aliphatic heterocycles. The molecule has 0 bridgehead atoms. The van der Waals surface area contributed by atoms with Crippen molar-refractivity contribution in [1.82, 2.24) is 24.1 Å². The van der Waals surface area contributed by atoms with Crippen molar-refractivity contribution < 1.29 is 0 Å². The van der Waals surface area contributed by atoms with Crippen molar-refractivity contribution in [3.05, 3.63) is 217 Å². The van der Waals surface area contributed by atoms with Crippen molar-refractivity contribution >= 4 is 43.9 Å². The lowest BCUT2D eigenvalue weighted by Gasteiger charge is -2.32. The van der Waals surface area contributed by atoms with Crippen LogP contribution in [0.2, 0.25) is 0 Å². The Balaban J connectivity index is 1.01. The number of H-pyrrole nitrogens is 1. The number of aromatic amines is 1. The van der Waals surface area contributed by atoms with Gasteiger partial charge in [-0.15, -0.1) is 0 Å². The molecule has 0 saturated heterocycles. The molecule has 5 aromatic heterocycles. The number of hydrogen-bond donors (Lipinski definition) is 1. The molecule has 12 rings (SSSR count).